The molecule has 3 aliphatic rings. The van der Waals surface area contributed by atoms with Gasteiger partial charge < -0.3 is 14.9 Å². The van der Waals surface area contributed by atoms with Crippen LogP contribution in [0.4, 0.5) is 0 Å². The summed E-state index contributed by atoms with van der Waals surface area (Å²) in [5.74, 6) is 0.415. The first-order valence-electron chi connectivity index (χ1n) is 9.29. The van der Waals surface area contributed by atoms with Gasteiger partial charge in [0.1, 0.15) is 0 Å². The molecule has 0 aromatic heterocycles. The zero-order valence-electron chi connectivity index (χ0n) is 15.3. The van der Waals surface area contributed by atoms with Crippen LogP contribution in [0.3, 0.4) is 0 Å². The molecule has 3 fully saturated rings. The lowest BCUT2D eigenvalue weighted by molar-refractivity contribution is -0.268. The fourth-order valence-electron chi connectivity index (χ4n) is 6.58. The van der Waals surface area contributed by atoms with Crippen molar-refractivity contribution in [3.05, 3.63) is 12.7 Å². The first-order valence-corrected chi connectivity index (χ1v) is 9.29. The van der Waals surface area contributed by atoms with Crippen molar-refractivity contribution in [2.24, 2.45) is 22.7 Å². The van der Waals surface area contributed by atoms with Gasteiger partial charge in [-0.2, -0.15) is 0 Å². The second kappa shape index (κ2) is 5.31. The van der Waals surface area contributed by atoms with E-state index in [1.54, 1.807) is 0 Å². The first-order chi connectivity index (χ1) is 10.7. The Labute approximate surface area is 141 Å². The van der Waals surface area contributed by atoms with Gasteiger partial charge in [0.2, 0.25) is 0 Å². The summed E-state index contributed by atoms with van der Waals surface area (Å²) in [6.45, 7) is 13.0. The largest absolute Gasteiger partial charge is 0.396 e. The molecule has 2 saturated carbocycles. The number of fused-ring (bicyclic) bond motifs is 2. The molecule has 7 atom stereocenters. The quantitative estimate of drug-likeness (QED) is 0.762. The van der Waals surface area contributed by atoms with Gasteiger partial charge in [0.25, 0.3) is 0 Å². The molecule has 0 amide bonds. The van der Waals surface area contributed by atoms with Gasteiger partial charge in [0.05, 0.1) is 17.3 Å². The molecular formula is C20H34O3. The first kappa shape index (κ1) is 17.4. The zero-order chi connectivity index (χ0) is 17.1. The monoisotopic (exact) mass is 322 g/mol. The highest BCUT2D eigenvalue weighted by Gasteiger charge is 2.68. The van der Waals surface area contributed by atoms with Gasteiger partial charge in [-0.25, -0.2) is 0 Å². The standard InChI is InChI=1S/C20H34O3/c1-6-18(4)10-11-20(23-18)14(2)12-15(22)16-17(3,13-21)8-7-9-19(16,20)5/h6,14-16,21-22H,1,7-13H2,2-5H3/t14-,15+,16-,17+,18-,19-,20+/m0/s1. The maximum atomic E-state index is 11.0. The number of rotatable bonds is 2. The normalized spacial score (nSPS) is 56.5. The molecule has 0 radical (unpaired) electrons. The van der Waals surface area contributed by atoms with Crippen LogP contribution < -0.4 is 0 Å². The van der Waals surface area contributed by atoms with Gasteiger partial charge in [0, 0.05) is 17.9 Å². The minimum absolute atomic E-state index is 0.0946. The Balaban J connectivity index is 2.09. The van der Waals surface area contributed by atoms with Crippen LogP contribution in [0, 0.1) is 22.7 Å². The SMILES string of the molecule is C=C[C@@]1(C)CC[C@@]2(O1)[C@@H](C)C[C@@H](O)[C@H]1[C@@](C)(CO)CCC[C@@]12C. The number of hydrogen-bond acceptors (Lipinski definition) is 3. The van der Waals surface area contributed by atoms with E-state index in [9.17, 15) is 10.2 Å². The highest BCUT2D eigenvalue weighted by Crippen LogP contribution is 2.67. The summed E-state index contributed by atoms with van der Waals surface area (Å²) in [6, 6.07) is 0. The molecule has 0 bridgehead atoms. The average molecular weight is 322 g/mol. The molecule has 3 heteroatoms. The van der Waals surface area contributed by atoms with E-state index >= 15 is 0 Å². The molecule has 1 heterocycles. The third kappa shape index (κ3) is 2.19. The summed E-state index contributed by atoms with van der Waals surface area (Å²) in [4.78, 5) is 0. The number of hydrogen-bond donors (Lipinski definition) is 2. The summed E-state index contributed by atoms with van der Waals surface area (Å²) in [5, 5.41) is 21.1. The van der Waals surface area contributed by atoms with Crippen molar-refractivity contribution in [1.82, 2.24) is 0 Å². The smallest absolute Gasteiger partial charge is 0.0840 e. The molecule has 1 saturated heterocycles. The van der Waals surface area contributed by atoms with Crippen LogP contribution in [0.1, 0.15) is 66.2 Å². The highest BCUT2D eigenvalue weighted by atomic mass is 16.5. The van der Waals surface area contributed by atoms with Crippen LogP contribution >= 0.6 is 0 Å². The predicted molar refractivity (Wildman–Crippen MR) is 92.1 cm³/mol. The van der Waals surface area contributed by atoms with E-state index in [-0.39, 0.29) is 40.7 Å². The Morgan fingerprint density at radius 3 is 2.43 bits per heavy atom. The van der Waals surface area contributed by atoms with Crippen molar-refractivity contribution in [1.29, 1.82) is 0 Å². The topological polar surface area (TPSA) is 49.7 Å². The van der Waals surface area contributed by atoms with Crippen LogP contribution in [0.25, 0.3) is 0 Å². The van der Waals surface area contributed by atoms with Crippen molar-refractivity contribution in [3.8, 4) is 0 Å². The fraction of sp³-hybridized carbons (Fsp3) is 0.900. The molecule has 1 spiro atoms. The van der Waals surface area contributed by atoms with E-state index in [0.29, 0.717) is 5.92 Å². The van der Waals surface area contributed by atoms with Gasteiger partial charge in [-0.05, 0) is 50.4 Å². The second-order valence-corrected chi connectivity index (χ2v) is 9.27. The Morgan fingerprint density at radius 1 is 1.17 bits per heavy atom. The van der Waals surface area contributed by atoms with Crippen molar-refractivity contribution in [3.63, 3.8) is 0 Å². The second-order valence-electron chi connectivity index (χ2n) is 9.27. The molecule has 3 nitrogen and oxygen atoms in total. The van der Waals surface area contributed by atoms with Crippen LogP contribution in [-0.2, 0) is 4.74 Å². The van der Waals surface area contributed by atoms with E-state index in [0.717, 1.165) is 38.5 Å². The molecule has 0 aromatic carbocycles. The average Bonchev–Trinajstić information content (AvgIpc) is 2.86. The Hall–Kier alpha value is -0.380. The van der Waals surface area contributed by atoms with Crippen molar-refractivity contribution in [2.75, 3.05) is 6.61 Å². The van der Waals surface area contributed by atoms with Gasteiger partial charge in [-0.3, -0.25) is 0 Å². The third-order valence-corrected chi connectivity index (χ3v) is 7.82. The van der Waals surface area contributed by atoms with E-state index < -0.39 is 0 Å². The summed E-state index contributed by atoms with van der Waals surface area (Å²) in [5.41, 5.74) is -0.787. The van der Waals surface area contributed by atoms with E-state index in [2.05, 4.69) is 34.3 Å². The van der Waals surface area contributed by atoms with Crippen molar-refractivity contribution < 1.29 is 14.9 Å². The van der Waals surface area contributed by atoms with E-state index in [4.69, 9.17) is 4.74 Å². The molecule has 132 valence electrons. The van der Waals surface area contributed by atoms with Crippen LogP contribution in [0.15, 0.2) is 12.7 Å². The molecule has 0 unspecified atom stereocenters. The molecule has 1 aliphatic heterocycles. The van der Waals surface area contributed by atoms with Crippen LogP contribution in [0.5, 0.6) is 0 Å². The number of aliphatic hydroxyl groups is 2. The molecule has 23 heavy (non-hydrogen) atoms. The van der Waals surface area contributed by atoms with Gasteiger partial charge in [0.15, 0.2) is 0 Å². The zero-order valence-corrected chi connectivity index (χ0v) is 15.3. The summed E-state index contributed by atoms with van der Waals surface area (Å²) in [6.07, 6.45) is 7.55. The molecule has 2 N–H and O–H groups in total. The Kier molecular flexibility index (Phi) is 4.02. The van der Waals surface area contributed by atoms with Gasteiger partial charge in [-0.15, -0.1) is 6.58 Å². The van der Waals surface area contributed by atoms with Crippen molar-refractivity contribution >= 4 is 0 Å². The van der Waals surface area contributed by atoms with Crippen LogP contribution in [-0.4, -0.2) is 34.1 Å². The van der Waals surface area contributed by atoms with Crippen molar-refractivity contribution in [2.45, 2.75) is 83.5 Å². The lowest BCUT2D eigenvalue weighted by Crippen LogP contribution is -2.67. The van der Waals surface area contributed by atoms with E-state index in [1.807, 2.05) is 6.08 Å². The number of aliphatic hydroxyl groups excluding tert-OH is 2. The summed E-state index contributed by atoms with van der Waals surface area (Å²) >= 11 is 0. The third-order valence-electron chi connectivity index (χ3n) is 7.82. The summed E-state index contributed by atoms with van der Waals surface area (Å²) in [7, 11) is 0. The van der Waals surface area contributed by atoms with Crippen LogP contribution in [0.2, 0.25) is 0 Å². The Morgan fingerprint density at radius 2 is 1.87 bits per heavy atom. The maximum absolute atomic E-state index is 11.0. The van der Waals surface area contributed by atoms with Gasteiger partial charge >= 0.3 is 0 Å². The number of ether oxygens (including phenoxy) is 1. The molecule has 3 rings (SSSR count). The summed E-state index contributed by atoms with van der Waals surface area (Å²) < 4.78 is 6.79. The predicted octanol–water partition coefficient (Wildman–Crippen LogP) is 3.69. The molecule has 2 aliphatic carbocycles. The fourth-order valence-corrected chi connectivity index (χ4v) is 6.58. The molecular weight excluding hydrogens is 288 g/mol. The highest BCUT2D eigenvalue weighted by molar-refractivity contribution is 5.19. The van der Waals surface area contributed by atoms with Gasteiger partial charge in [-0.1, -0.05) is 33.3 Å². The lowest BCUT2D eigenvalue weighted by atomic mass is 9.43. The maximum Gasteiger partial charge on any atom is 0.0840 e. The molecule has 0 aromatic rings. The minimum Gasteiger partial charge on any atom is -0.396 e. The minimum atomic E-state index is -0.350. The Bertz CT molecular complexity index is 491. The van der Waals surface area contributed by atoms with E-state index in [1.165, 1.54) is 0 Å². The lowest BCUT2D eigenvalue weighted by Gasteiger charge is -2.65.